The zero-order valence-electron chi connectivity index (χ0n) is 8.95. The number of imide groups is 2. The minimum atomic E-state index is -1.47. The van der Waals surface area contributed by atoms with Crippen LogP contribution in [0.15, 0.2) is 0 Å². The Morgan fingerprint density at radius 3 is 2.06 bits per heavy atom. The van der Waals surface area contributed by atoms with Crippen molar-refractivity contribution < 1.29 is 34.2 Å². The molecule has 1 aliphatic rings. The zero-order chi connectivity index (χ0) is 13.9. The van der Waals surface area contributed by atoms with Gasteiger partial charge < -0.3 is 15.5 Å². The van der Waals surface area contributed by atoms with Crippen LogP contribution >= 0.6 is 0 Å². The van der Waals surface area contributed by atoms with Gasteiger partial charge in [0.15, 0.2) is 0 Å². The van der Waals surface area contributed by atoms with Crippen LogP contribution in [-0.2, 0) is 14.4 Å². The second-order valence-corrected chi connectivity index (χ2v) is 3.29. The van der Waals surface area contributed by atoms with E-state index in [0.29, 0.717) is 4.90 Å². The van der Waals surface area contributed by atoms with Gasteiger partial charge in [-0.25, -0.2) is 14.5 Å². The van der Waals surface area contributed by atoms with Crippen molar-refractivity contribution in [3.8, 4) is 0 Å². The lowest BCUT2D eigenvalue weighted by Crippen LogP contribution is -2.49. The summed E-state index contributed by atoms with van der Waals surface area (Å²) in [5.41, 5.74) is 0. The average Bonchev–Trinajstić information content (AvgIpc) is 2.35. The maximum atomic E-state index is 11.7. The predicted molar refractivity (Wildman–Crippen MR) is 52.5 cm³/mol. The van der Waals surface area contributed by atoms with E-state index in [9.17, 15) is 24.0 Å². The van der Waals surface area contributed by atoms with E-state index >= 15 is 0 Å². The Morgan fingerprint density at radius 2 is 1.56 bits per heavy atom. The molecule has 0 radical (unpaired) electrons. The van der Waals surface area contributed by atoms with Crippen LogP contribution < -0.4 is 5.32 Å². The van der Waals surface area contributed by atoms with Gasteiger partial charge in [-0.05, 0) is 0 Å². The third-order valence-electron chi connectivity index (χ3n) is 1.99. The third kappa shape index (κ3) is 2.93. The standard InChI is InChI=1S/C8H9N3O7/c12-4-1-9-7(17)11(3-6(15)16)8(18)10(4)2-5(13)14/h1-3H2,(H,9,17)(H,13,14)(H,15,16). The molecule has 0 spiro atoms. The zero-order valence-corrected chi connectivity index (χ0v) is 8.95. The van der Waals surface area contributed by atoms with Crippen LogP contribution in [0.2, 0.25) is 0 Å². The molecule has 1 rings (SSSR count). The molecular formula is C8H9N3O7. The highest BCUT2D eigenvalue weighted by Gasteiger charge is 2.36. The molecule has 0 atom stereocenters. The first-order valence-electron chi connectivity index (χ1n) is 4.66. The summed E-state index contributed by atoms with van der Waals surface area (Å²) in [6.45, 7) is -2.48. The minimum absolute atomic E-state index is 0.246. The van der Waals surface area contributed by atoms with Crippen LogP contribution in [0.25, 0.3) is 0 Å². The van der Waals surface area contributed by atoms with Gasteiger partial charge in [-0.2, -0.15) is 0 Å². The molecule has 1 aliphatic heterocycles. The van der Waals surface area contributed by atoms with Crippen molar-refractivity contribution in [2.24, 2.45) is 0 Å². The summed E-state index contributed by atoms with van der Waals surface area (Å²) in [6, 6.07) is -2.34. The van der Waals surface area contributed by atoms with Crippen molar-refractivity contribution >= 4 is 29.9 Å². The quantitative estimate of drug-likeness (QED) is 0.536. The molecule has 0 aromatic heterocycles. The van der Waals surface area contributed by atoms with Crippen molar-refractivity contribution in [1.82, 2.24) is 15.1 Å². The van der Waals surface area contributed by atoms with Gasteiger partial charge in [0.05, 0.1) is 6.54 Å². The number of aliphatic carboxylic acids is 2. The van der Waals surface area contributed by atoms with Gasteiger partial charge in [0.1, 0.15) is 13.1 Å². The van der Waals surface area contributed by atoms with Gasteiger partial charge in [-0.1, -0.05) is 0 Å². The average molecular weight is 259 g/mol. The van der Waals surface area contributed by atoms with Gasteiger partial charge in [-0.15, -0.1) is 0 Å². The molecule has 10 nitrogen and oxygen atoms in total. The van der Waals surface area contributed by atoms with Crippen LogP contribution in [0.3, 0.4) is 0 Å². The van der Waals surface area contributed by atoms with Crippen LogP contribution in [0.5, 0.6) is 0 Å². The van der Waals surface area contributed by atoms with Crippen molar-refractivity contribution in [2.45, 2.75) is 0 Å². The largest absolute Gasteiger partial charge is 0.480 e. The molecule has 98 valence electrons. The van der Waals surface area contributed by atoms with E-state index in [1.54, 1.807) is 0 Å². The van der Waals surface area contributed by atoms with E-state index in [1.807, 2.05) is 5.32 Å². The number of carbonyl (C=O) groups is 5. The van der Waals surface area contributed by atoms with E-state index in [4.69, 9.17) is 10.2 Å². The lowest BCUT2D eigenvalue weighted by molar-refractivity contribution is -0.142. The molecule has 18 heavy (non-hydrogen) atoms. The molecule has 1 saturated heterocycles. The van der Waals surface area contributed by atoms with Gasteiger partial charge in [0.25, 0.3) is 5.91 Å². The summed E-state index contributed by atoms with van der Waals surface area (Å²) in [5, 5.41) is 19.1. The summed E-state index contributed by atoms with van der Waals surface area (Å²) in [7, 11) is 0. The topological polar surface area (TPSA) is 144 Å². The monoisotopic (exact) mass is 259 g/mol. The van der Waals surface area contributed by atoms with Crippen molar-refractivity contribution in [3.63, 3.8) is 0 Å². The Labute approximate surface area is 99.8 Å². The first kappa shape index (κ1) is 13.4. The second kappa shape index (κ2) is 5.12. The first-order chi connectivity index (χ1) is 8.32. The van der Waals surface area contributed by atoms with E-state index < -0.39 is 49.5 Å². The van der Waals surface area contributed by atoms with Crippen molar-refractivity contribution in [3.05, 3.63) is 0 Å². The summed E-state index contributed by atoms with van der Waals surface area (Å²) in [5.74, 6) is -3.85. The van der Waals surface area contributed by atoms with Crippen LogP contribution in [-0.4, -0.2) is 69.6 Å². The number of nitrogens with zero attached hydrogens (tertiary/aromatic N) is 2. The maximum absolute atomic E-state index is 11.7. The molecule has 1 fully saturated rings. The fourth-order valence-electron chi connectivity index (χ4n) is 1.25. The normalized spacial score (nSPS) is 16.3. The Bertz CT molecular complexity index is 394. The predicted octanol–water partition coefficient (Wildman–Crippen LogP) is -1.87. The van der Waals surface area contributed by atoms with Gasteiger partial charge in [-0.3, -0.25) is 19.3 Å². The summed E-state index contributed by atoms with van der Waals surface area (Å²) in [6.07, 6.45) is 0. The summed E-state index contributed by atoms with van der Waals surface area (Å²) < 4.78 is 0. The number of carboxylic acid groups (broad SMARTS) is 2. The highest BCUT2D eigenvalue weighted by atomic mass is 16.4. The fraction of sp³-hybridized carbons (Fsp3) is 0.375. The molecule has 3 N–H and O–H groups in total. The van der Waals surface area contributed by atoms with Gasteiger partial charge in [0, 0.05) is 0 Å². The Kier molecular flexibility index (Phi) is 3.82. The highest BCUT2D eigenvalue weighted by Crippen LogP contribution is 2.04. The lowest BCUT2D eigenvalue weighted by atomic mass is 10.4. The molecule has 1 heterocycles. The Balaban J connectivity index is 2.99. The number of nitrogens with one attached hydrogen (secondary N) is 1. The number of urea groups is 2. The molecule has 0 bridgehead atoms. The van der Waals surface area contributed by atoms with Crippen molar-refractivity contribution in [2.75, 3.05) is 19.6 Å². The van der Waals surface area contributed by atoms with Crippen LogP contribution in [0.1, 0.15) is 0 Å². The molecule has 0 unspecified atom stereocenters. The summed E-state index contributed by atoms with van der Waals surface area (Å²) >= 11 is 0. The van der Waals surface area contributed by atoms with Crippen molar-refractivity contribution in [1.29, 1.82) is 0 Å². The van der Waals surface area contributed by atoms with E-state index in [0.717, 1.165) is 0 Å². The lowest BCUT2D eigenvalue weighted by Gasteiger charge is -2.21. The smallest absolute Gasteiger partial charge is 0.335 e. The van der Waals surface area contributed by atoms with Crippen LogP contribution in [0, 0.1) is 0 Å². The third-order valence-corrected chi connectivity index (χ3v) is 1.99. The molecule has 10 heteroatoms. The van der Waals surface area contributed by atoms with E-state index in [1.165, 1.54) is 0 Å². The number of rotatable bonds is 4. The molecular weight excluding hydrogens is 250 g/mol. The molecule has 0 aliphatic carbocycles. The molecule has 0 aromatic carbocycles. The minimum Gasteiger partial charge on any atom is -0.480 e. The van der Waals surface area contributed by atoms with Gasteiger partial charge in [0.2, 0.25) is 0 Å². The molecule has 0 aromatic rings. The maximum Gasteiger partial charge on any atom is 0.335 e. The van der Waals surface area contributed by atoms with Crippen LogP contribution in [0.4, 0.5) is 9.59 Å². The number of hydrogen-bond acceptors (Lipinski definition) is 5. The SMILES string of the molecule is O=C(O)CN1C(=O)CNC(=O)N(CC(=O)O)C1=O. The van der Waals surface area contributed by atoms with Gasteiger partial charge >= 0.3 is 24.0 Å². The molecule has 0 saturated carbocycles. The second-order valence-electron chi connectivity index (χ2n) is 3.29. The van der Waals surface area contributed by atoms with E-state index in [-0.39, 0.29) is 4.90 Å². The Hall–Kier alpha value is -2.65. The fourth-order valence-corrected chi connectivity index (χ4v) is 1.25. The highest BCUT2D eigenvalue weighted by molar-refractivity contribution is 6.08. The number of amides is 5. The number of carboxylic acids is 2. The number of hydrogen-bond donors (Lipinski definition) is 3. The first-order valence-corrected chi connectivity index (χ1v) is 4.66. The van der Waals surface area contributed by atoms with E-state index in [2.05, 4.69) is 0 Å². The summed E-state index contributed by atoms with van der Waals surface area (Å²) in [4.78, 5) is 55.9. The molecule has 5 amide bonds. The Morgan fingerprint density at radius 1 is 1.06 bits per heavy atom. The number of carbonyl (C=O) groups excluding carboxylic acids is 3.